The summed E-state index contributed by atoms with van der Waals surface area (Å²) in [7, 11) is 0. The number of hydrogen-bond donors (Lipinski definition) is 1. The summed E-state index contributed by atoms with van der Waals surface area (Å²) in [6.07, 6.45) is 3.10. The Morgan fingerprint density at radius 3 is 2.56 bits per heavy atom. The first-order valence-corrected chi connectivity index (χ1v) is 6.52. The molecule has 1 amide bonds. The molecule has 0 fully saturated rings. The van der Waals surface area contributed by atoms with E-state index in [0.29, 0.717) is 5.76 Å². The highest BCUT2D eigenvalue weighted by atomic mass is 127. The molecular formula is C14H12INO2. The number of carbonyl (C=O) groups excluding carboxylic acids is 1. The number of benzene rings is 1. The molecule has 0 aliphatic carbocycles. The summed E-state index contributed by atoms with van der Waals surface area (Å²) in [6.45, 7) is 1.86. The third kappa shape index (κ3) is 3.73. The highest BCUT2D eigenvalue weighted by Crippen LogP contribution is 2.12. The Labute approximate surface area is 119 Å². The predicted molar refractivity (Wildman–Crippen MR) is 80.3 cm³/mol. The Bertz CT molecular complexity index is 570. The van der Waals surface area contributed by atoms with E-state index >= 15 is 0 Å². The smallest absolute Gasteiger partial charge is 0.248 e. The zero-order valence-corrected chi connectivity index (χ0v) is 12.0. The van der Waals surface area contributed by atoms with E-state index in [-0.39, 0.29) is 5.91 Å². The van der Waals surface area contributed by atoms with Gasteiger partial charge < -0.3 is 9.73 Å². The number of carbonyl (C=O) groups is 1. The number of nitrogens with one attached hydrogen (secondary N) is 1. The Morgan fingerprint density at radius 2 is 1.94 bits per heavy atom. The maximum absolute atomic E-state index is 11.6. The van der Waals surface area contributed by atoms with E-state index in [2.05, 4.69) is 27.9 Å². The maximum atomic E-state index is 11.6. The average molecular weight is 353 g/mol. The Morgan fingerprint density at radius 1 is 1.22 bits per heavy atom. The van der Waals surface area contributed by atoms with Crippen molar-refractivity contribution in [2.24, 2.45) is 0 Å². The first kappa shape index (κ1) is 12.9. The van der Waals surface area contributed by atoms with Crippen molar-refractivity contribution in [3.05, 3.63) is 57.6 Å². The van der Waals surface area contributed by atoms with Gasteiger partial charge in [0.2, 0.25) is 5.91 Å². The molecule has 1 heterocycles. The molecule has 1 aromatic carbocycles. The summed E-state index contributed by atoms with van der Waals surface area (Å²) in [6, 6.07) is 11.3. The summed E-state index contributed by atoms with van der Waals surface area (Å²) in [4.78, 5) is 11.6. The average Bonchev–Trinajstić information content (AvgIpc) is 2.76. The van der Waals surface area contributed by atoms with Crippen LogP contribution < -0.4 is 5.32 Å². The standard InChI is InChI=1S/C14H12INO2/c1-10-2-7-13(18-10)8-9-14(17)16-12-5-3-11(15)4-6-12/h2-9H,1H3,(H,16,17)/b9-8+. The van der Waals surface area contributed by atoms with Crippen LogP contribution in [0.4, 0.5) is 5.69 Å². The third-order valence-corrected chi connectivity index (χ3v) is 2.99. The van der Waals surface area contributed by atoms with E-state index in [9.17, 15) is 4.79 Å². The minimum absolute atomic E-state index is 0.176. The molecule has 0 radical (unpaired) electrons. The number of amides is 1. The van der Waals surface area contributed by atoms with Crippen LogP contribution in [0, 0.1) is 10.5 Å². The van der Waals surface area contributed by atoms with Crippen molar-refractivity contribution in [3.8, 4) is 0 Å². The second kappa shape index (κ2) is 5.86. The zero-order chi connectivity index (χ0) is 13.0. The highest BCUT2D eigenvalue weighted by molar-refractivity contribution is 14.1. The highest BCUT2D eigenvalue weighted by Gasteiger charge is 1.98. The fraction of sp³-hybridized carbons (Fsp3) is 0.0714. The molecule has 0 saturated carbocycles. The first-order chi connectivity index (χ1) is 8.63. The van der Waals surface area contributed by atoms with Gasteiger partial charge in [-0.3, -0.25) is 4.79 Å². The number of hydrogen-bond acceptors (Lipinski definition) is 2. The largest absolute Gasteiger partial charge is 0.462 e. The van der Waals surface area contributed by atoms with E-state index in [1.807, 2.05) is 43.3 Å². The van der Waals surface area contributed by atoms with Crippen LogP contribution in [0.2, 0.25) is 0 Å². The number of anilines is 1. The van der Waals surface area contributed by atoms with Crippen LogP contribution in [0.3, 0.4) is 0 Å². The van der Waals surface area contributed by atoms with Gasteiger partial charge in [-0.15, -0.1) is 0 Å². The SMILES string of the molecule is Cc1ccc(/C=C/C(=O)Nc2ccc(I)cc2)o1. The molecule has 0 bridgehead atoms. The maximum Gasteiger partial charge on any atom is 0.248 e. The molecule has 92 valence electrons. The molecule has 0 unspecified atom stereocenters. The van der Waals surface area contributed by atoms with Crippen LogP contribution in [-0.4, -0.2) is 5.91 Å². The number of rotatable bonds is 3. The van der Waals surface area contributed by atoms with E-state index < -0.39 is 0 Å². The van der Waals surface area contributed by atoms with Crippen molar-refractivity contribution in [1.82, 2.24) is 0 Å². The molecule has 4 heteroatoms. The topological polar surface area (TPSA) is 42.2 Å². The minimum atomic E-state index is -0.176. The van der Waals surface area contributed by atoms with E-state index in [1.54, 1.807) is 6.08 Å². The van der Waals surface area contributed by atoms with Crippen molar-refractivity contribution in [2.45, 2.75) is 6.92 Å². The van der Waals surface area contributed by atoms with Crippen LogP contribution >= 0.6 is 22.6 Å². The lowest BCUT2D eigenvalue weighted by molar-refractivity contribution is -0.111. The normalized spacial score (nSPS) is 10.8. The Hall–Kier alpha value is -1.56. The van der Waals surface area contributed by atoms with Crippen molar-refractivity contribution in [2.75, 3.05) is 5.32 Å². The van der Waals surface area contributed by atoms with E-state index in [1.165, 1.54) is 6.08 Å². The molecule has 2 rings (SSSR count). The summed E-state index contributed by atoms with van der Waals surface area (Å²) < 4.78 is 6.46. The molecule has 1 aromatic heterocycles. The van der Waals surface area contributed by atoms with Crippen LogP contribution in [0.15, 0.2) is 46.9 Å². The second-order valence-electron chi connectivity index (χ2n) is 3.78. The van der Waals surface area contributed by atoms with Crippen LogP contribution in [0.25, 0.3) is 6.08 Å². The number of furan rings is 1. The van der Waals surface area contributed by atoms with Crippen molar-refractivity contribution in [1.29, 1.82) is 0 Å². The summed E-state index contributed by atoms with van der Waals surface area (Å²) in [5, 5.41) is 2.78. The van der Waals surface area contributed by atoms with Gasteiger partial charge in [0.1, 0.15) is 11.5 Å². The fourth-order valence-corrected chi connectivity index (χ4v) is 1.78. The monoisotopic (exact) mass is 353 g/mol. The first-order valence-electron chi connectivity index (χ1n) is 5.44. The quantitative estimate of drug-likeness (QED) is 0.673. The van der Waals surface area contributed by atoms with Crippen LogP contribution in [0.1, 0.15) is 11.5 Å². The van der Waals surface area contributed by atoms with E-state index in [4.69, 9.17) is 4.42 Å². The molecule has 0 spiro atoms. The molecule has 0 aliphatic heterocycles. The lowest BCUT2D eigenvalue weighted by Crippen LogP contribution is -2.07. The molecule has 18 heavy (non-hydrogen) atoms. The number of aryl methyl sites for hydroxylation is 1. The molecule has 2 aromatic rings. The van der Waals surface area contributed by atoms with Gasteiger partial charge in [-0.05, 0) is 72.0 Å². The molecule has 0 atom stereocenters. The van der Waals surface area contributed by atoms with Gasteiger partial charge in [0.25, 0.3) is 0 Å². The van der Waals surface area contributed by atoms with Crippen LogP contribution in [-0.2, 0) is 4.79 Å². The van der Waals surface area contributed by atoms with Crippen molar-refractivity contribution < 1.29 is 9.21 Å². The molecule has 0 aliphatic rings. The molecular weight excluding hydrogens is 341 g/mol. The number of halogens is 1. The third-order valence-electron chi connectivity index (χ3n) is 2.27. The fourth-order valence-electron chi connectivity index (χ4n) is 1.42. The van der Waals surface area contributed by atoms with Crippen LogP contribution in [0.5, 0.6) is 0 Å². The van der Waals surface area contributed by atoms with Gasteiger partial charge in [-0.2, -0.15) is 0 Å². The molecule has 0 saturated heterocycles. The van der Waals surface area contributed by atoms with Gasteiger partial charge in [0.15, 0.2) is 0 Å². The van der Waals surface area contributed by atoms with Gasteiger partial charge >= 0.3 is 0 Å². The van der Waals surface area contributed by atoms with E-state index in [0.717, 1.165) is 15.0 Å². The zero-order valence-electron chi connectivity index (χ0n) is 9.81. The minimum Gasteiger partial charge on any atom is -0.462 e. The lowest BCUT2D eigenvalue weighted by Gasteiger charge is -2.01. The summed E-state index contributed by atoms with van der Waals surface area (Å²) in [5.74, 6) is 1.32. The predicted octanol–water partition coefficient (Wildman–Crippen LogP) is 3.84. The Balaban J connectivity index is 1.96. The van der Waals surface area contributed by atoms with Gasteiger partial charge in [0, 0.05) is 15.3 Å². The summed E-state index contributed by atoms with van der Waals surface area (Å²) in [5.41, 5.74) is 0.778. The van der Waals surface area contributed by atoms with Crippen molar-refractivity contribution in [3.63, 3.8) is 0 Å². The second-order valence-corrected chi connectivity index (χ2v) is 5.02. The Kier molecular flexibility index (Phi) is 4.19. The lowest BCUT2D eigenvalue weighted by atomic mass is 10.3. The van der Waals surface area contributed by atoms with Crippen molar-refractivity contribution >= 4 is 40.3 Å². The van der Waals surface area contributed by atoms with Gasteiger partial charge in [-0.25, -0.2) is 0 Å². The molecule has 3 nitrogen and oxygen atoms in total. The summed E-state index contributed by atoms with van der Waals surface area (Å²) >= 11 is 2.22. The molecule has 1 N–H and O–H groups in total. The van der Waals surface area contributed by atoms with Gasteiger partial charge in [0.05, 0.1) is 0 Å². The van der Waals surface area contributed by atoms with Gasteiger partial charge in [-0.1, -0.05) is 0 Å².